The fourth-order valence-corrected chi connectivity index (χ4v) is 2.80. The van der Waals surface area contributed by atoms with Gasteiger partial charge in [0.15, 0.2) is 0 Å². The lowest BCUT2D eigenvalue weighted by molar-refractivity contribution is 0.237. The molecule has 0 radical (unpaired) electrons. The highest BCUT2D eigenvalue weighted by molar-refractivity contribution is 4.99. The molecule has 2 aliphatic rings. The Balaban J connectivity index is 1.59. The zero-order valence-electron chi connectivity index (χ0n) is 9.95. The molecule has 0 spiro atoms. The third-order valence-corrected chi connectivity index (χ3v) is 3.86. The summed E-state index contributed by atoms with van der Waals surface area (Å²) in [5.41, 5.74) is 0. The van der Waals surface area contributed by atoms with Crippen molar-refractivity contribution in [2.75, 3.05) is 0 Å². The van der Waals surface area contributed by atoms with Gasteiger partial charge in [0.2, 0.25) is 0 Å². The summed E-state index contributed by atoms with van der Waals surface area (Å²) in [6, 6.07) is 0.714. The molecule has 1 aliphatic heterocycles. The average molecular weight is 220 g/mol. The number of fused-ring (bicyclic) bond motifs is 1. The van der Waals surface area contributed by atoms with Gasteiger partial charge in [-0.2, -0.15) is 0 Å². The molecule has 1 saturated carbocycles. The molecule has 1 aromatic rings. The number of rotatable bonds is 3. The first-order valence-electron chi connectivity index (χ1n) is 6.47. The van der Waals surface area contributed by atoms with Crippen LogP contribution in [-0.4, -0.2) is 20.8 Å². The fraction of sp³-hybridized carbons (Fsp3) is 0.833. The van der Waals surface area contributed by atoms with E-state index >= 15 is 0 Å². The Bertz CT molecular complexity index is 365. The summed E-state index contributed by atoms with van der Waals surface area (Å²) in [6.07, 6.45) is 6.29. The van der Waals surface area contributed by atoms with E-state index < -0.39 is 0 Å². The van der Waals surface area contributed by atoms with Crippen LogP contribution in [0.4, 0.5) is 0 Å². The van der Waals surface area contributed by atoms with Crippen molar-refractivity contribution in [1.29, 1.82) is 0 Å². The van der Waals surface area contributed by atoms with E-state index in [0.717, 1.165) is 31.3 Å². The minimum Gasteiger partial charge on any atom is -0.314 e. The smallest absolute Gasteiger partial charge is 0.147 e. The predicted octanol–water partition coefficient (Wildman–Crippen LogP) is 1.50. The van der Waals surface area contributed by atoms with Gasteiger partial charge in [0.1, 0.15) is 11.6 Å². The van der Waals surface area contributed by atoms with Gasteiger partial charge < -0.3 is 9.88 Å². The third-order valence-electron chi connectivity index (χ3n) is 3.86. The maximum absolute atomic E-state index is 4.30. The van der Waals surface area contributed by atoms with E-state index in [1.165, 1.54) is 31.5 Å². The Labute approximate surface area is 96.4 Å². The molecule has 0 bridgehead atoms. The lowest BCUT2D eigenvalue weighted by Crippen LogP contribution is -2.40. The molecule has 3 rings (SSSR count). The second-order valence-corrected chi connectivity index (χ2v) is 5.30. The normalized spacial score (nSPS) is 28.6. The maximum atomic E-state index is 4.30. The second-order valence-electron chi connectivity index (χ2n) is 5.30. The Morgan fingerprint density at radius 2 is 2.19 bits per heavy atom. The summed E-state index contributed by atoms with van der Waals surface area (Å²) in [5.74, 6) is 3.23. The SMILES string of the molecule is CC1CC(NCc2nnc3n2CCCC3)C1. The van der Waals surface area contributed by atoms with Crippen LogP contribution < -0.4 is 5.32 Å². The molecule has 0 atom stereocenters. The van der Waals surface area contributed by atoms with Crippen LogP contribution in [0.3, 0.4) is 0 Å². The standard InChI is InChI=1S/C12H20N4/c1-9-6-10(7-9)13-8-12-15-14-11-4-2-3-5-16(11)12/h9-10,13H,2-8H2,1H3. The highest BCUT2D eigenvalue weighted by Crippen LogP contribution is 2.26. The Morgan fingerprint density at radius 3 is 3.00 bits per heavy atom. The quantitative estimate of drug-likeness (QED) is 0.839. The van der Waals surface area contributed by atoms with Crippen molar-refractivity contribution in [3.8, 4) is 0 Å². The van der Waals surface area contributed by atoms with Gasteiger partial charge in [-0.3, -0.25) is 0 Å². The van der Waals surface area contributed by atoms with E-state index in [0.29, 0.717) is 6.04 Å². The van der Waals surface area contributed by atoms with Crippen LogP contribution in [0, 0.1) is 5.92 Å². The summed E-state index contributed by atoms with van der Waals surface area (Å²) in [6.45, 7) is 4.32. The molecule has 0 aromatic carbocycles. The first-order chi connectivity index (χ1) is 7.83. The second kappa shape index (κ2) is 4.17. The first-order valence-corrected chi connectivity index (χ1v) is 6.47. The molecule has 1 aromatic heterocycles. The Kier molecular flexibility index (Phi) is 2.67. The van der Waals surface area contributed by atoms with Gasteiger partial charge in [0, 0.05) is 19.0 Å². The van der Waals surface area contributed by atoms with Crippen molar-refractivity contribution in [2.45, 2.75) is 58.2 Å². The van der Waals surface area contributed by atoms with Gasteiger partial charge in [-0.05, 0) is 31.6 Å². The molecule has 1 N–H and O–H groups in total. The van der Waals surface area contributed by atoms with Crippen molar-refractivity contribution >= 4 is 0 Å². The van der Waals surface area contributed by atoms with E-state index in [1.807, 2.05) is 0 Å². The Morgan fingerprint density at radius 1 is 1.31 bits per heavy atom. The van der Waals surface area contributed by atoms with E-state index in [9.17, 15) is 0 Å². The van der Waals surface area contributed by atoms with Crippen molar-refractivity contribution in [2.24, 2.45) is 5.92 Å². The number of nitrogens with one attached hydrogen (secondary N) is 1. The fourth-order valence-electron chi connectivity index (χ4n) is 2.80. The van der Waals surface area contributed by atoms with Crippen LogP contribution in [0.5, 0.6) is 0 Å². The zero-order chi connectivity index (χ0) is 11.0. The Hall–Kier alpha value is -0.900. The maximum Gasteiger partial charge on any atom is 0.147 e. The largest absolute Gasteiger partial charge is 0.314 e. The number of aromatic nitrogens is 3. The molecule has 4 nitrogen and oxygen atoms in total. The summed E-state index contributed by atoms with van der Waals surface area (Å²) >= 11 is 0. The number of hydrogen-bond acceptors (Lipinski definition) is 3. The molecule has 2 heterocycles. The van der Waals surface area contributed by atoms with Crippen LogP contribution >= 0.6 is 0 Å². The van der Waals surface area contributed by atoms with Crippen molar-refractivity contribution < 1.29 is 0 Å². The number of nitrogens with zero attached hydrogens (tertiary/aromatic N) is 3. The monoisotopic (exact) mass is 220 g/mol. The summed E-state index contributed by atoms with van der Waals surface area (Å²) in [5, 5.41) is 12.1. The van der Waals surface area contributed by atoms with Crippen molar-refractivity contribution in [3.05, 3.63) is 11.6 Å². The molecular weight excluding hydrogens is 200 g/mol. The van der Waals surface area contributed by atoms with Crippen LogP contribution in [-0.2, 0) is 19.5 Å². The van der Waals surface area contributed by atoms with Crippen LogP contribution in [0.25, 0.3) is 0 Å². The summed E-state index contributed by atoms with van der Waals surface area (Å²) < 4.78 is 2.30. The van der Waals surface area contributed by atoms with Crippen LogP contribution in [0.2, 0.25) is 0 Å². The van der Waals surface area contributed by atoms with Gasteiger partial charge >= 0.3 is 0 Å². The van der Waals surface area contributed by atoms with E-state index in [4.69, 9.17) is 0 Å². The lowest BCUT2D eigenvalue weighted by Gasteiger charge is -2.33. The highest BCUT2D eigenvalue weighted by atomic mass is 15.3. The summed E-state index contributed by atoms with van der Waals surface area (Å²) in [7, 11) is 0. The molecule has 88 valence electrons. The molecule has 4 heteroatoms. The minimum atomic E-state index is 0.714. The third kappa shape index (κ3) is 1.86. The minimum absolute atomic E-state index is 0.714. The van der Waals surface area contributed by atoms with Crippen molar-refractivity contribution in [1.82, 2.24) is 20.1 Å². The van der Waals surface area contributed by atoms with E-state index in [-0.39, 0.29) is 0 Å². The summed E-state index contributed by atoms with van der Waals surface area (Å²) in [4.78, 5) is 0. The molecule has 16 heavy (non-hydrogen) atoms. The average Bonchev–Trinajstić information content (AvgIpc) is 2.66. The molecule has 0 saturated heterocycles. The van der Waals surface area contributed by atoms with Gasteiger partial charge in [0.25, 0.3) is 0 Å². The number of aryl methyl sites for hydroxylation is 1. The highest BCUT2D eigenvalue weighted by Gasteiger charge is 2.25. The van der Waals surface area contributed by atoms with Crippen LogP contribution in [0.15, 0.2) is 0 Å². The topological polar surface area (TPSA) is 42.7 Å². The zero-order valence-corrected chi connectivity index (χ0v) is 9.95. The molecule has 1 aliphatic carbocycles. The predicted molar refractivity (Wildman–Crippen MR) is 62.0 cm³/mol. The van der Waals surface area contributed by atoms with Gasteiger partial charge in [-0.25, -0.2) is 0 Å². The lowest BCUT2D eigenvalue weighted by atomic mass is 9.82. The molecule has 1 fully saturated rings. The first kappa shape index (κ1) is 10.3. The van der Waals surface area contributed by atoms with Gasteiger partial charge in [-0.15, -0.1) is 10.2 Å². The van der Waals surface area contributed by atoms with Crippen LogP contribution in [0.1, 0.15) is 44.3 Å². The van der Waals surface area contributed by atoms with E-state index in [2.05, 4.69) is 27.0 Å². The van der Waals surface area contributed by atoms with E-state index in [1.54, 1.807) is 0 Å². The molecule has 0 unspecified atom stereocenters. The molecule has 0 amide bonds. The van der Waals surface area contributed by atoms with Gasteiger partial charge in [0.05, 0.1) is 6.54 Å². The number of hydrogen-bond donors (Lipinski definition) is 1. The van der Waals surface area contributed by atoms with Gasteiger partial charge in [-0.1, -0.05) is 6.92 Å². The molecular formula is C12H20N4. The van der Waals surface area contributed by atoms with Crippen molar-refractivity contribution in [3.63, 3.8) is 0 Å².